The van der Waals surface area contributed by atoms with Crippen molar-refractivity contribution in [3.63, 3.8) is 0 Å². The van der Waals surface area contributed by atoms with E-state index in [1.807, 2.05) is 0 Å². The fourth-order valence-electron chi connectivity index (χ4n) is 1.94. The summed E-state index contributed by atoms with van der Waals surface area (Å²) in [5.41, 5.74) is -0.0267. The highest BCUT2D eigenvalue weighted by molar-refractivity contribution is 5.83. The molecule has 6 heteroatoms. The third-order valence-electron chi connectivity index (χ3n) is 2.84. The molecule has 0 aliphatic carbocycles. The van der Waals surface area contributed by atoms with E-state index in [1.165, 1.54) is 18.2 Å². The van der Waals surface area contributed by atoms with E-state index in [0.717, 1.165) is 0 Å². The van der Waals surface area contributed by atoms with Crippen LogP contribution in [0.15, 0.2) is 57.7 Å². The van der Waals surface area contributed by atoms with E-state index in [2.05, 4.69) is 4.98 Å². The molecule has 2 aromatic carbocycles. The fourth-order valence-corrected chi connectivity index (χ4v) is 1.94. The highest BCUT2D eigenvalue weighted by atomic mass is 16.6. The van der Waals surface area contributed by atoms with Gasteiger partial charge in [-0.3, -0.25) is 10.1 Å². The second-order valence-electron chi connectivity index (χ2n) is 4.10. The number of fused-ring (bicyclic) bond motifs is 1. The maximum Gasteiger partial charge on any atom is 0.363 e. The minimum Gasteiger partial charge on any atom is -0.419 e. The van der Waals surface area contributed by atoms with Crippen molar-refractivity contribution >= 4 is 16.8 Å². The Morgan fingerprint density at radius 1 is 1.05 bits per heavy atom. The number of hydrogen-bond donors (Lipinski definition) is 0. The molecular formula is C14H8N2O4. The van der Waals surface area contributed by atoms with Crippen LogP contribution in [0.4, 0.5) is 5.69 Å². The molecule has 0 spiro atoms. The summed E-state index contributed by atoms with van der Waals surface area (Å²) in [6.45, 7) is 0. The van der Waals surface area contributed by atoms with E-state index in [1.54, 1.807) is 30.3 Å². The van der Waals surface area contributed by atoms with Gasteiger partial charge >= 0.3 is 5.63 Å². The minimum absolute atomic E-state index is 0.0624. The Morgan fingerprint density at radius 2 is 1.80 bits per heavy atom. The van der Waals surface area contributed by atoms with Gasteiger partial charge in [0.15, 0.2) is 16.8 Å². The molecule has 0 saturated heterocycles. The highest BCUT2D eigenvalue weighted by Gasteiger charge is 2.17. The normalized spacial score (nSPS) is 10.6. The van der Waals surface area contributed by atoms with Crippen molar-refractivity contribution in [1.82, 2.24) is 4.98 Å². The van der Waals surface area contributed by atoms with E-state index >= 15 is 0 Å². The molecule has 0 fully saturated rings. The molecule has 20 heavy (non-hydrogen) atoms. The van der Waals surface area contributed by atoms with Crippen LogP contribution in [0, 0.1) is 10.1 Å². The Balaban J connectivity index is 2.35. The van der Waals surface area contributed by atoms with Gasteiger partial charge < -0.3 is 4.42 Å². The van der Waals surface area contributed by atoms with Gasteiger partial charge in [-0.25, -0.2) is 9.78 Å². The van der Waals surface area contributed by atoms with Crippen LogP contribution < -0.4 is 5.63 Å². The van der Waals surface area contributed by atoms with E-state index in [9.17, 15) is 14.9 Å². The van der Waals surface area contributed by atoms with Crippen molar-refractivity contribution in [2.24, 2.45) is 0 Å². The minimum atomic E-state index is -0.621. The average molecular weight is 268 g/mol. The number of aromatic nitrogens is 1. The van der Waals surface area contributed by atoms with Gasteiger partial charge in [-0.1, -0.05) is 36.4 Å². The average Bonchev–Trinajstić information content (AvgIpc) is 2.46. The summed E-state index contributed by atoms with van der Waals surface area (Å²) in [4.78, 5) is 26.5. The Kier molecular flexibility index (Phi) is 2.76. The summed E-state index contributed by atoms with van der Waals surface area (Å²) < 4.78 is 5.12. The molecule has 0 N–H and O–H groups in total. The predicted octanol–water partition coefficient (Wildman–Crippen LogP) is 2.76. The lowest BCUT2D eigenvalue weighted by molar-refractivity contribution is -0.383. The van der Waals surface area contributed by atoms with Gasteiger partial charge in [0.25, 0.3) is 5.69 Å². The van der Waals surface area contributed by atoms with Crippen LogP contribution in [0.3, 0.4) is 0 Å². The van der Waals surface area contributed by atoms with Crippen LogP contribution in [-0.4, -0.2) is 9.91 Å². The van der Waals surface area contributed by atoms with Gasteiger partial charge in [0.05, 0.1) is 4.92 Å². The largest absolute Gasteiger partial charge is 0.419 e. The first-order chi connectivity index (χ1) is 9.66. The fraction of sp³-hybridized carbons (Fsp3) is 0. The number of nitro benzene ring substituents is 1. The lowest BCUT2D eigenvalue weighted by Gasteiger charge is -2.01. The second kappa shape index (κ2) is 4.58. The molecule has 0 atom stereocenters. The lowest BCUT2D eigenvalue weighted by Crippen LogP contribution is -2.06. The summed E-state index contributed by atoms with van der Waals surface area (Å²) in [6.07, 6.45) is 0. The van der Waals surface area contributed by atoms with Crippen molar-refractivity contribution < 1.29 is 9.34 Å². The molecule has 0 aliphatic heterocycles. The number of rotatable bonds is 2. The molecule has 1 heterocycles. The molecule has 0 unspecified atom stereocenters. The Hall–Kier alpha value is -3.02. The number of hydrogen-bond acceptors (Lipinski definition) is 5. The van der Waals surface area contributed by atoms with Crippen LogP contribution in [0.5, 0.6) is 0 Å². The number of para-hydroxylation sites is 1. The molecule has 98 valence electrons. The van der Waals surface area contributed by atoms with Gasteiger partial charge in [0.1, 0.15) is 0 Å². The van der Waals surface area contributed by atoms with E-state index in [-0.39, 0.29) is 22.5 Å². The summed E-state index contributed by atoms with van der Waals surface area (Å²) >= 11 is 0. The van der Waals surface area contributed by atoms with Gasteiger partial charge in [-0.2, -0.15) is 0 Å². The number of nitro groups is 1. The molecule has 0 bridgehead atoms. The van der Waals surface area contributed by atoms with Crippen molar-refractivity contribution in [1.29, 1.82) is 0 Å². The van der Waals surface area contributed by atoms with Crippen molar-refractivity contribution in [2.45, 2.75) is 0 Å². The summed E-state index contributed by atoms with van der Waals surface area (Å²) in [5, 5.41) is 11.0. The zero-order chi connectivity index (χ0) is 14.1. The van der Waals surface area contributed by atoms with E-state index in [4.69, 9.17) is 4.42 Å². The molecule has 0 amide bonds. The van der Waals surface area contributed by atoms with Crippen molar-refractivity contribution in [3.05, 3.63) is 69.1 Å². The standard InChI is InChI=1S/C14H8N2O4/c17-14-12(9-5-2-1-3-6-9)15-13-10(16(18)19)7-4-8-11(13)20-14/h1-8H. The highest BCUT2D eigenvalue weighted by Crippen LogP contribution is 2.24. The second-order valence-corrected chi connectivity index (χ2v) is 4.10. The summed E-state index contributed by atoms with van der Waals surface area (Å²) in [6, 6.07) is 12.9. The number of nitrogens with zero attached hydrogens (tertiary/aromatic N) is 2. The zero-order valence-electron chi connectivity index (χ0n) is 10.1. The maximum absolute atomic E-state index is 11.9. The lowest BCUT2D eigenvalue weighted by atomic mass is 10.1. The first-order valence-corrected chi connectivity index (χ1v) is 5.80. The first kappa shape index (κ1) is 12.0. The van der Waals surface area contributed by atoms with E-state index < -0.39 is 10.5 Å². The van der Waals surface area contributed by atoms with Gasteiger partial charge in [0, 0.05) is 11.6 Å². The Labute approximate surface area is 112 Å². The Morgan fingerprint density at radius 3 is 2.50 bits per heavy atom. The molecule has 0 radical (unpaired) electrons. The Bertz CT molecular complexity index is 856. The van der Waals surface area contributed by atoms with Crippen LogP contribution >= 0.6 is 0 Å². The predicted molar refractivity (Wildman–Crippen MR) is 72.4 cm³/mol. The monoisotopic (exact) mass is 268 g/mol. The molecular weight excluding hydrogens is 260 g/mol. The van der Waals surface area contributed by atoms with Crippen LogP contribution in [0.25, 0.3) is 22.4 Å². The molecule has 3 aromatic rings. The van der Waals surface area contributed by atoms with Crippen molar-refractivity contribution in [3.8, 4) is 11.3 Å². The van der Waals surface area contributed by atoms with Gasteiger partial charge in [-0.15, -0.1) is 0 Å². The molecule has 0 saturated carbocycles. The summed E-state index contributed by atoms with van der Waals surface area (Å²) in [5.74, 6) is 0. The van der Waals surface area contributed by atoms with Crippen LogP contribution in [0.2, 0.25) is 0 Å². The third kappa shape index (κ3) is 1.93. The van der Waals surface area contributed by atoms with E-state index in [0.29, 0.717) is 5.56 Å². The maximum atomic E-state index is 11.9. The van der Waals surface area contributed by atoms with Crippen LogP contribution in [0.1, 0.15) is 0 Å². The molecule has 6 nitrogen and oxygen atoms in total. The SMILES string of the molecule is O=c1oc2cccc([N+](=O)[O-])c2nc1-c1ccccc1. The topological polar surface area (TPSA) is 86.2 Å². The van der Waals surface area contributed by atoms with Gasteiger partial charge in [-0.05, 0) is 6.07 Å². The number of non-ortho nitro benzene ring substituents is 1. The smallest absolute Gasteiger partial charge is 0.363 e. The summed E-state index contributed by atoms with van der Waals surface area (Å²) in [7, 11) is 0. The molecule has 1 aromatic heterocycles. The molecule has 0 aliphatic rings. The molecule has 3 rings (SSSR count). The van der Waals surface area contributed by atoms with Crippen molar-refractivity contribution in [2.75, 3.05) is 0 Å². The third-order valence-corrected chi connectivity index (χ3v) is 2.84. The van der Waals surface area contributed by atoms with Crippen LogP contribution in [-0.2, 0) is 0 Å². The number of benzene rings is 2. The van der Waals surface area contributed by atoms with Gasteiger partial charge in [0.2, 0.25) is 0 Å². The quantitative estimate of drug-likeness (QED) is 0.527. The first-order valence-electron chi connectivity index (χ1n) is 5.80. The zero-order valence-corrected chi connectivity index (χ0v) is 10.1.